The predicted molar refractivity (Wildman–Crippen MR) is 66.4 cm³/mol. The van der Waals surface area contributed by atoms with E-state index in [9.17, 15) is 9.90 Å². The van der Waals surface area contributed by atoms with E-state index in [1.165, 1.54) is 0 Å². The zero-order chi connectivity index (χ0) is 12.2. The van der Waals surface area contributed by atoms with Gasteiger partial charge >= 0.3 is 5.97 Å². The van der Waals surface area contributed by atoms with Gasteiger partial charge in [-0.05, 0) is 43.9 Å². The molecule has 1 saturated carbocycles. The van der Waals surface area contributed by atoms with E-state index in [4.69, 9.17) is 0 Å². The van der Waals surface area contributed by atoms with Gasteiger partial charge in [-0.25, -0.2) is 0 Å². The van der Waals surface area contributed by atoms with Crippen LogP contribution < -0.4 is 0 Å². The van der Waals surface area contributed by atoms with Gasteiger partial charge in [0, 0.05) is 0 Å². The summed E-state index contributed by atoms with van der Waals surface area (Å²) in [6.45, 7) is 6.64. The molecule has 94 valence electrons. The Morgan fingerprint density at radius 2 is 1.94 bits per heavy atom. The Morgan fingerprint density at radius 1 is 1.38 bits per heavy atom. The van der Waals surface area contributed by atoms with Crippen molar-refractivity contribution in [3.63, 3.8) is 0 Å². The Kier molecular flexibility index (Phi) is 4.82. The third kappa shape index (κ3) is 2.99. The van der Waals surface area contributed by atoms with Crippen LogP contribution in [0.25, 0.3) is 0 Å². The summed E-state index contributed by atoms with van der Waals surface area (Å²) in [7, 11) is 0. The van der Waals surface area contributed by atoms with E-state index in [2.05, 4.69) is 20.8 Å². The number of carboxylic acids is 1. The van der Waals surface area contributed by atoms with Crippen LogP contribution in [0.15, 0.2) is 0 Å². The molecule has 0 aromatic rings. The standard InChI is InChI=1S/C14H26O2/c1-4-5-8-14(13(15)16)9-6-12(7-10-14)11(2)3/h11-12H,4-10H2,1-3H3,(H,15,16). The first kappa shape index (κ1) is 13.5. The average Bonchev–Trinajstić information content (AvgIpc) is 2.26. The van der Waals surface area contributed by atoms with Crippen LogP contribution in [0.3, 0.4) is 0 Å². The molecule has 0 amide bonds. The fourth-order valence-corrected chi connectivity index (χ4v) is 2.95. The molecule has 0 saturated heterocycles. The van der Waals surface area contributed by atoms with Gasteiger partial charge < -0.3 is 5.11 Å². The van der Waals surface area contributed by atoms with Crippen molar-refractivity contribution in [2.75, 3.05) is 0 Å². The molecule has 1 aliphatic carbocycles. The third-order valence-corrected chi connectivity index (χ3v) is 4.39. The minimum atomic E-state index is -0.553. The highest BCUT2D eigenvalue weighted by Crippen LogP contribution is 2.44. The Bertz CT molecular complexity index is 225. The van der Waals surface area contributed by atoms with Crippen LogP contribution >= 0.6 is 0 Å². The van der Waals surface area contributed by atoms with Gasteiger partial charge in [0.05, 0.1) is 5.41 Å². The van der Waals surface area contributed by atoms with Crippen molar-refractivity contribution in [1.29, 1.82) is 0 Å². The summed E-state index contributed by atoms with van der Waals surface area (Å²) in [6.07, 6.45) is 7.03. The molecular weight excluding hydrogens is 200 g/mol. The predicted octanol–water partition coefficient (Wildman–Crippen LogP) is 4.09. The van der Waals surface area contributed by atoms with E-state index in [-0.39, 0.29) is 5.41 Å². The van der Waals surface area contributed by atoms with Crippen LogP contribution in [0.4, 0.5) is 0 Å². The normalized spacial score (nSPS) is 30.6. The number of unbranched alkanes of at least 4 members (excludes halogenated alkanes) is 1. The number of carboxylic acid groups (broad SMARTS) is 1. The Hall–Kier alpha value is -0.530. The van der Waals surface area contributed by atoms with Crippen LogP contribution in [0, 0.1) is 17.3 Å². The number of aliphatic carboxylic acids is 1. The number of hydrogen-bond acceptors (Lipinski definition) is 1. The first-order valence-corrected chi connectivity index (χ1v) is 6.75. The minimum Gasteiger partial charge on any atom is -0.481 e. The minimum absolute atomic E-state index is 0.387. The molecule has 1 aliphatic rings. The first-order chi connectivity index (χ1) is 7.52. The van der Waals surface area contributed by atoms with E-state index >= 15 is 0 Å². The van der Waals surface area contributed by atoms with Gasteiger partial charge in [-0.2, -0.15) is 0 Å². The second-order valence-corrected chi connectivity index (χ2v) is 5.77. The SMILES string of the molecule is CCCCC1(C(=O)O)CCC(C(C)C)CC1. The molecular formula is C14H26O2. The lowest BCUT2D eigenvalue weighted by molar-refractivity contribution is -0.152. The second kappa shape index (κ2) is 5.70. The maximum Gasteiger partial charge on any atom is 0.309 e. The zero-order valence-corrected chi connectivity index (χ0v) is 11.0. The molecule has 1 fully saturated rings. The Balaban J connectivity index is 2.59. The lowest BCUT2D eigenvalue weighted by Crippen LogP contribution is -2.36. The van der Waals surface area contributed by atoms with Gasteiger partial charge in [0.25, 0.3) is 0 Å². The van der Waals surface area contributed by atoms with Crippen LogP contribution in [-0.4, -0.2) is 11.1 Å². The lowest BCUT2D eigenvalue weighted by Gasteiger charge is -2.38. The molecule has 0 aromatic carbocycles. The third-order valence-electron chi connectivity index (χ3n) is 4.39. The first-order valence-electron chi connectivity index (χ1n) is 6.75. The van der Waals surface area contributed by atoms with Crippen molar-refractivity contribution in [3.05, 3.63) is 0 Å². The number of carbonyl (C=O) groups is 1. The summed E-state index contributed by atoms with van der Waals surface area (Å²) in [5.41, 5.74) is -0.387. The topological polar surface area (TPSA) is 37.3 Å². The molecule has 0 bridgehead atoms. The molecule has 1 N–H and O–H groups in total. The van der Waals surface area contributed by atoms with Gasteiger partial charge in [-0.15, -0.1) is 0 Å². The molecule has 1 rings (SSSR count). The van der Waals surface area contributed by atoms with Crippen LogP contribution in [-0.2, 0) is 4.79 Å². The molecule has 0 spiro atoms. The van der Waals surface area contributed by atoms with E-state index in [0.29, 0.717) is 5.92 Å². The van der Waals surface area contributed by atoms with E-state index < -0.39 is 5.97 Å². The highest BCUT2D eigenvalue weighted by atomic mass is 16.4. The van der Waals surface area contributed by atoms with Crippen molar-refractivity contribution < 1.29 is 9.90 Å². The lowest BCUT2D eigenvalue weighted by atomic mass is 9.66. The molecule has 2 nitrogen and oxygen atoms in total. The van der Waals surface area contributed by atoms with E-state index in [1.54, 1.807) is 0 Å². The Morgan fingerprint density at radius 3 is 2.31 bits per heavy atom. The highest BCUT2D eigenvalue weighted by Gasteiger charge is 2.41. The van der Waals surface area contributed by atoms with Crippen LogP contribution in [0.5, 0.6) is 0 Å². The van der Waals surface area contributed by atoms with Gasteiger partial charge in [0.15, 0.2) is 0 Å². The molecule has 2 heteroatoms. The summed E-state index contributed by atoms with van der Waals surface area (Å²) < 4.78 is 0. The van der Waals surface area contributed by atoms with Crippen molar-refractivity contribution >= 4 is 5.97 Å². The number of rotatable bonds is 5. The molecule has 0 radical (unpaired) electrons. The highest BCUT2D eigenvalue weighted by molar-refractivity contribution is 5.74. The summed E-state index contributed by atoms with van der Waals surface area (Å²) in [4.78, 5) is 11.5. The van der Waals surface area contributed by atoms with Crippen molar-refractivity contribution in [3.8, 4) is 0 Å². The molecule has 0 unspecified atom stereocenters. The van der Waals surface area contributed by atoms with Gasteiger partial charge in [0.1, 0.15) is 0 Å². The van der Waals surface area contributed by atoms with E-state index in [1.807, 2.05) is 0 Å². The van der Waals surface area contributed by atoms with Crippen LogP contribution in [0.2, 0.25) is 0 Å². The van der Waals surface area contributed by atoms with Crippen molar-refractivity contribution in [1.82, 2.24) is 0 Å². The van der Waals surface area contributed by atoms with Gasteiger partial charge in [0.2, 0.25) is 0 Å². The van der Waals surface area contributed by atoms with Crippen molar-refractivity contribution in [2.24, 2.45) is 17.3 Å². The zero-order valence-electron chi connectivity index (χ0n) is 11.0. The maximum absolute atomic E-state index is 11.5. The summed E-state index contributed by atoms with van der Waals surface area (Å²) >= 11 is 0. The molecule has 0 atom stereocenters. The molecule has 0 aliphatic heterocycles. The molecule has 0 heterocycles. The van der Waals surface area contributed by atoms with Crippen LogP contribution in [0.1, 0.15) is 65.7 Å². The fraction of sp³-hybridized carbons (Fsp3) is 0.929. The second-order valence-electron chi connectivity index (χ2n) is 5.77. The maximum atomic E-state index is 11.5. The van der Waals surface area contributed by atoms with Gasteiger partial charge in [-0.3, -0.25) is 4.79 Å². The summed E-state index contributed by atoms with van der Waals surface area (Å²) in [6, 6.07) is 0. The fourth-order valence-electron chi connectivity index (χ4n) is 2.95. The van der Waals surface area contributed by atoms with Crippen molar-refractivity contribution in [2.45, 2.75) is 65.7 Å². The Labute approximate surface area is 99.4 Å². The summed E-state index contributed by atoms with van der Waals surface area (Å²) in [5.74, 6) is 0.898. The van der Waals surface area contributed by atoms with Gasteiger partial charge in [-0.1, -0.05) is 33.6 Å². The monoisotopic (exact) mass is 226 g/mol. The quantitative estimate of drug-likeness (QED) is 0.766. The summed E-state index contributed by atoms with van der Waals surface area (Å²) in [5, 5.41) is 9.44. The smallest absolute Gasteiger partial charge is 0.309 e. The molecule has 0 aromatic heterocycles. The number of hydrogen-bond donors (Lipinski definition) is 1. The van der Waals surface area contributed by atoms with E-state index in [0.717, 1.165) is 50.9 Å². The average molecular weight is 226 g/mol. The largest absolute Gasteiger partial charge is 0.481 e. The molecule has 16 heavy (non-hydrogen) atoms.